The topological polar surface area (TPSA) is 34.1 Å². The number of alkyl halides is 3. The largest absolute Gasteiger partial charge is 0.394 e. The number of hydrogen-bond acceptors (Lipinski definition) is 2. The molecule has 2 nitrogen and oxygen atoms in total. The summed E-state index contributed by atoms with van der Waals surface area (Å²) in [6.45, 7) is 0. The molecule has 0 aromatic carbocycles. The summed E-state index contributed by atoms with van der Waals surface area (Å²) in [5.74, 6) is -0.320. The third kappa shape index (κ3) is 1.34. The van der Waals surface area contributed by atoms with Crippen molar-refractivity contribution < 1.29 is 21.6 Å². The summed E-state index contributed by atoms with van der Waals surface area (Å²) in [5.41, 5.74) is -2.26. The standard InChI is InChI=1S/C7H8ClF3O2S/c8-14(12,13)4-5-1-6(2-5,3-5)7(9,10)11/h1-4H2. The second-order valence-corrected chi connectivity index (χ2v) is 7.27. The van der Waals surface area contributed by atoms with Gasteiger partial charge in [0.25, 0.3) is 0 Å². The fourth-order valence-corrected chi connectivity index (χ4v) is 4.55. The Balaban J connectivity index is 2.02. The molecule has 0 atom stereocenters. The number of rotatable bonds is 2. The van der Waals surface area contributed by atoms with E-state index in [1.807, 2.05) is 0 Å². The van der Waals surface area contributed by atoms with E-state index in [2.05, 4.69) is 0 Å². The average Bonchev–Trinajstić information content (AvgIpc) is 1.68. The molecule has 0 spiro atoms. The van der Waals surface area contributed by atoms with E-state index in [1.54, 1.807) is 0 Å². The number of halogens is 4. The van der Waals surface area contributed by atoms with E-state index >= 15 is 0 Å². The van der Waals surface area contributed by atoms with Gasteiger partial charge in [-0.25, -0.2) is 8.42 Å². The fraction of sp³-hybridized carbons (Fsp3) is 1.00. The molecule has 0 radical (unpaired) electrons. The molecule has 7 heteroatoms. The Morgan fingerprint density at radius 1 is 1.21 bits per heavy atom. The van der Waals surface area contributed by atoms with Crippen LogP contribution in [0, 0.1) is 10.8 Å². The van der Waals surface area contributed by atoms with Gasteiger partial charge in [0.15, 0.2) is 0 Å². The zero-order chi connectivity index (χ0) is 10.8. The van der Waals surface area contributed by atoms with E-state index in [0.717, 1.165) is 0 Å². The first-order valence-corrected chi connectivity index (χ1v) is 6.55. The highest BCUT2D eigenvalue weighted by Crippen LogP contribution is 2.78. The lowest BCUT2D eigenvalue weighted by molar-refractivity contribution is -0.356. The highest BCUT2D eigenvalue weighted by Gasteiger charge is 2.78. The van der Waals surface area contributed by atoms with Crippen LogP contribution < -0.4 is 0 Å². The van der Waals surface area contributed by atoms with Crippen LogP contribution in [0.1, 0.15) is 19.3 Å². The van der Waals surface area contributed by atoms with Crippen molar-refractivity contribution in [2.24, 2.45) is 10.8 Å². The predicted octanol–water partition coefficient (Wildman–Crippen LogP) is 2.29. The van der Waals surface area contributed by atoms with Crippen LogP contribution in [0.4, 0.5) is 13.2 Å². The Morgan fingerprint density at radius 2 is 1.64 bits per heavy atom. The molecule has 3 rings (SSSR count). The van der Waals surface area contributed by atoms with Gasteiger partial charge in [-0.15, -0.1) is 0 Å². The van der Waals surface area contributed by atoms with Crippen LogP contribution in [-0.4, -0.2) is 20.3 Å². The van der Waals surface area contributed by atoms with Gasteiger partial charge in [-0.3, -0.25) is 0 Å². The molecule has 0 unspecified atom stereocenters. The van der Waals surface area contributed by atoms with Crippen molar-refractivity contribution >= 4 is 19.7 Å². The maximum atomic E-state index is 12.3. The lowest BCUT2D eigenvalue weighted by atomic mass is 9.35. The van der Waals surface area contributed by atoms with Crippen molar-refractivity contribution in [2.45, 2.75) is 25.4 Å². The molecule has 0 N–H and O–H groups in total. The van der Waals surface area contributed by atoms with E-state index < -0.39 is 26.1 Å². The molecule has 0 amide bonds. The van der Waals surface area contributed by atoms with Gasteiger partial charge in [-0.2, -0.15) is 13.2 Å². The molecule has 3 saturated carbocycles. The van der Waals surface area contributed by atoms with E-state index in [0.29, 0.717) is 0 Å². The summed E-state index contributed by atoms with van der Waals surface area (Å²) in [6, 6.07) is 0. The van der Waals surface area contributed by atoms with Crippen LogP contribution in [-0.2, 0) is 9.05 Å². The van der Waals surface area contributed by atoms with Crippen LogP contribution in [0.5, 0.6) is 0 Å². The second kappa shape index (κ2) is 2.40. The average molecular weight is 249 g/mol. The van der Waals surface area contributed by atoms with Gasteiger partial charge < -0.3 is 0 Å². The van der Waals surface area contributed by atoms with E-state index in [-0.39, 0.29) is 25.0 Å². The molecular weight excluding hydrogens is 241 g/mol. The Kier molecular flexibility index (Phi) is 1.81. The first-order chi connectivity index (χ1) is 6.08. The van der Waals surface area contributed by atoms with Crippen molar-refractivity contribution in [1.82, 2.24) is 0 Å². The fourth-order valence-electron chi connectivity index (χ4n) is 2.82. The smallest absolute Gasteiger partial charge is 0.212 e. The summed E-state index contributed by atoms with van der Waals surface area (Å²) < 4.78 is 58.4. The lowest BCUT2D eigenvalue weighted by Crippen LogP contribution is -2.69. The SMILES string of the molecule is O=S(=O)(Cl)CC12CC(C(F)(F)F)(C1)C2. The monoisotopic (exact) mass is 248 g/mol. The third-order valence-corrected chi connectivity index (χ3v) is 4.50. The Morgan fingerprint density at radius 3 is 1.93 bits per heavy atom. The zero-order valence-electron chi connectivity index (χ0n) is 7.07. The maximum absolute atomic E-state index is 12.3. The Bertz CT molecular complexity index is 353. The molecule has 14 heavy (non-hydrogen) atoms. The molecule has 3 fully saturated rings. The van der Waals surface area contributed by atoms with Crippen LogP contribution in [0.2, 0.25) is 0 Å². The molecule has 0 heterocycles. The van der Waals surface area contributed by atoms with Crippen LogP contribution in [0.25, 0.3) is 0 Å². The van der Waals surface area contributed by atoms with Crippen molar-refractivity contribution in [2.75, 3.05) is 5.75 Å². The summed E-state index contributed by atoms with van der Waals surface area (Å²) in [7, 11) is 1.33. The van der Waals surface area contributed by atoms with Gasteiger partial charge in [0.05, 0.1) is 11.2 Å². The summed E-state index contributed by atoms with van der Waals surface area (Å²) in [6.07, 6.45) is -4.41. The minimum absolute atomic E-state index is 0.0740. The van der Waals surface area contributed by atoms with Crippen molar-refractivity contribution in [1.29, 1.82) is 0 Å². The lowest BCUT2D eigenvalue weighted by Gasteiger charge is -2.70. The highest BCUT2D eigenvalue weighted by atomic mass is 35.7. The van der Waals surface area contributed by atoms with E-state index in [4.69, 9.17) is 10.7 Å². The van der Waals surface area contributed by atoms with Gasteiger partial charge in [-0.1, -0.05) is 0 Å². The van der Waals surface area contributed by atoms with Gasteiger partial charge in [0, 0.05) is 10.7 Å². The molecule has 2 bridgehead atoms. The first-order valence-electron chi connectivity index (χ1n) is 4.07. The quantitative estimate of drug-likeness (QED) is 0.703. The van der Waals surface area contributed by atoms with Crippen LogP contribution in [0.15, 0.2) is 0 Å². The van der Waals surface area contributed by atoms with Crippen LogP contribution >= 0.6 is 10.7 Å². The van der Waals surface area contributed by atoms with Gasteiger partial charge >= 0.3 is 6.18 Å². The van der Waals surface area contributed by atoms with E-state index in [1.165, 1.54) is 0 Å². The molecular formula is C7H8ClF3O2S. The minimum Gasteiger partial charge on any atom is -0.212 e. The van der Waals surface area contributed by atoms with Crippen molar-refractivity contribution in [3.8, 4) is 0 Å². The second-order valence-electron chi connectivity index (χ2n) is 4.49. The summed E-state index contributed by atoms with van der Waals surface area (Å²) >= 11 is 0. The normalized spacial score (nSPS) is 41.4. The van der Waals surface area contributed by atoms with Gasteiger partial charge in [0.2, 0.25) is 9.05 Å². The maximum Gasteiger partial charge on any atom is 0.394 e. The predicted molar refractivity (Wildman–Crippen MR) is 44.4 cm³/mol. The third-order valence-electron chi connectivity index (χ3n) is 3.22. The van der Waals surface area contributed by atoms with Crippen molar-refractivity contribution in [3.05, 3.63) is 0 Å². The Hall–Kier alpha value is 0.0300. The molecule has 3 aliphatic rings. The molecule has 0 aromatic heterocycles. The first kappa shape index (κ1) is 10.5. The minimum atomic E-state index is -4.19. The Labute approximate surface area is 83.8 Å². The highest BCUT2D eigenvalue weighted by molar-refractivity contribution is 8.13. The molecule has 0 aromatic rings. The zero-order valence-corrected chi connectivity index (χ0v) is 8.64. The van der Waals surface area contributed by atoms with Gasteiger partial charge in [-0.05, 0) is 24.7 Å². The summed E-state index contributed by atoms with van der Waals surface area (Å²) in [5, 5.41) is 0. The molecule has 82 valence electrons. The molecule has 3 aliphatic carbocycles. The molecule has 0 aliphatic heterocycles. The van der Waals surface area contributed by atoms with Crippen LogP contribution in [0.3, 0.4) is 0 Å². The van der Waals surface area contributed by atoms with Crippen molar-refractivity contribution in [3.63, 3.8) is 0 Å². The number of hydrogen-bond donors (Lipinski definition) is 0. The molecule has 0 saturated heterocycles. The summed E-state index contributed by atoms with van der Waals surface area (Å²) in [4.78, 5) is 0. The van der Waals surface area contributed by atoms with Gasteiger partial charge in [0.1, 0.15) is 0 Å². The van der Waals surface area contributed by atoms with E-state index in [9.17, 15) is 21.6 Å².